The number of hydrogen-bond acceptors (Lipinski definition) is 22. The van der Waals surface area contributed by atoms with Crippen LogP contribution in [0.15, 0.2) is 97.2 Å². The summed E-state index contributed by atoms with van der Waals surface area (Å²) in [7, 11) is 0. The molecule has 1 aliphatic heterocycles. The van der Waals surface area contributed by atoms with Gasteiger partial charge in [-0.05, 0) is 180 Å². The number of rotatable bonds is 37. The van der Waals surface area contributed by atoms with Crippen LogP contribution in [-0.4, -0.2) is 246 Å². The zero-order chi connectivity index (χ0) is 103. The van der Waals surface area contributed by atoms with Gasteiger partial charge in [-0.1, -0.05) is 120 Å². The van der Waals surface area contributed by atoms with Gasteiger partial charge < -0.3 is 122 Å². The molecule has 18 atom stereocenters. The highest BCUT2D eigenvalue weighted by atomic mass is 16.4. The van der Waals surface area contributed by atoms with E-state index in [1.807, 2.05) is 12.2 Å². The van der Waals surface area contributed by atoms with Gasteiger partial charge in [-0.3, -0.25) is 95.9 Å². The van der Waals surface area contributed by atoms with Gasteiger partial charge >= 0.3 is 5.97 Å². The van der Waals surface area contributed by atoms with Gasteiger partial charge in [0, 0.05) is 56.1 Å². The fourth-order valence-corrected chi connectivity index (χ4v) is 14.9. The lowest BCUT2D eigenvalue weighted by Crippen LogP contribution is -2.65. The van der Waals surface area contributed by atoms with Crippen LogP contribution in [0.2, 0.25) is 0 Å². The Morgan fingerprint density at radius 2 is 0.957 bits per heavy atom. The molecule has 0 spiro atoms. The summed E-state index contributed by atoms with van der Waals surface area (Å²) in [4.78, 5) is 283. The van der Waals surface area contributed by atoms with Crippen LogP contribution in [0.1, 0.15) is 217 Å². The smallest absolute Gasteiger partial charge is 0.303 e. The summed E-state index contributed by atoms with van der Waals surface area (Å²) in [5.41, 5.74) is 8.67. The third-order valence-electron chi connectivity index (χ3n) is 23.1. The minimum absolute atomic E-state index is 0.107. The minimum atomic E-state index is -2.08. The van der Waals surface area contributed by atoms with E-state index in [-0.39, 0.29) is 75.4 Å². The molecule has 4 aromatic rings. The second kappa shape index (κ2) is 55.3. The lowest BCUT2D eigenvalue weighted by Gasteiger charge is -2.34. The number of nitrogens with one attached hydrogen (secondary N) is 18. The molecule has 0 radical (unpaired) electrons. The fraction of sp³-hybridized carbons (Fsp3) is 0.558. The van der Waals surface area contributed by atoms with Crippen LogP contribution in [-0.2, 0) is 115 Å². The molecule has 5 rings (SSSR count). The molecule has 19 amide bonds. The number of carboxylic acid groups (broad SMARTS) is 1. The molecule has 2 heterocycles. The number of primary amides is 2. The Labute approximate surface area is 802 Å². The van der Waals surface area contributed by atoms with Crippen LogP contribution in [0.25, 0.3) is 10.9 Å². The standard InChI is InChI=1S/C95H140N20O23/c1-50(2)44-69(106-60(13)117)88(133)113-76(59(12)116)91(136)111-72(46-61-30-24-23-25-31-61)90(135)115-95(15)43-29-22-20-18-16-17-19-21-28-42-94(14,92(137)105-58(11)82(127)103-56(9)81(126)102-55(8)80(125)101-54(7)79(124)100-53(6)78(123)99-52(5)77(97)122)114-89(134)70(45-51(3)4)108-84(129)67(38-40-74(96)119)107-83(128)57(10)104-86(131)73(48-63-49-98-66-33-27-26-32-65(63)66)110-87(132)71(47-62-34-36-64(118)37-35-62)109-85(130)68(112-93(95)138)39-41-75(120)121/h17,19,23-27,30-37,49-59,67-73,76,98,116,118H,16,18,20-22,28-29,38-48H2,1-15H3,(H2,96,119)(H2,97,122)(H,99,123)(H,100,124)(H,101,125)(H,102,126)(H,103,127)(H,104,131)(H,105,137)(H,106,117)(H,107,128)(H,108,129)(H,109,130)(H,110,132)(H,111,136)(H,112,138)(H,113,133)(H,114,134)(H,115,135)(H,120,121). The zero-order valence-corrected chi connectivity index (χ0v) is 81.0. The first kappa shape index (κ1) is 115. The number of aromatic nitrogens is 1. The Bertz CT molecular complexity index is 4970. The van der Waals surface area contributed by atoms with Crippen molar-refractivity contribution in [3.8, 4) is 5.75 Å². The second-order valence-electron chi connectivity index (χ2n) is 36.6. The highest BCUT2D eigenvalue weighted by Crippen LogP contribution is 2.25. The number of aliphatic hydroxyl groups is 1. The lowest BCUT2D eigenvalue weighted by atomic mass is 9.91. The molecule has 43 heteroatoms. The number of carboxylic acids is 1. The number of carbonyl (C=O) groups is 20. The minimum Gasteiger partial charge on any atom is -0.508 e. The number of H-pyrrole nitrogens is 1. The molecular formula is C95H140N20O23. The number of hydrogen-bond donors (Lipinski definition) is 23. The van der Waals surface area contributed by atoms with Crippen LogP contribution < -0.4 is 102 Å². The normalized spacial score (nSPS) is 21.6. The summed E-state index contributed by atoms with van der Waals surface area (Å²) in [5, 5.41) is 76.0. The van der Waals surface area contributed by atoms with Crippen molar-refractivity contribution in [1.82, 2.24) is 95.4 Å². The molecule has 3 aromatic carbocycles. The third kappa shape index (κ3) is 38.3. The van der Waals surface area contributed by atoms with Crippen LogP contribution in [0, 0.1) is 11.8 Å². The van der Waals surface area contributed by atoms with Crippen molar-refractivity contribution < 1.29 is 111 Å². The number of aromatic hydroxyl groups is 1. The van der Waals surface area contributed by atoms with E-state index in [1.165, 1.54) is 100 Å². The molecule has 138 heavy (non-hydrogen) atoms. The van der Waals surface area contributed by atoms with Crippen molar-refractivity contribution in [1.29, 1.82) is 0 Å². The molecule has 18 unspecified atom stereocenters. The molecule has 1 aromatic heterocycles. The average molecular weight is 1930 g/mol. The molecule has 0 bridgehead atoms. The number of aromatic amines is 1. The maximum atomic E-state index is 15.6. The van der Waals surface area contributed by atoms with Gasteiger partial charge in [-0.2, -0.15) is 0 Å². The Morgan fingerprint density at radius 3 is 1.49 bits per heavy atom. The molecule has 0 fully saturated rings. The highest BCUT2D eigenvalue weighted by molar-refractivity contribution is 6.03. The van der Waals surface area contributed by atoms with Gasteiger partial charge in [0.05, 0.1) is 6.10 Å². The summed E-state index contributed by atoms with van der Waals surface area (Å²) in [5.74, 6) is -19.7. The lowest BCUT2D eigenvalue weighted by molar-refractivity contribution is -0.140. The molecule has 0 saturated heterocycles. The molecule has 758 valence electrons. The number of phenols is 1. The fourth-order valence-electron chi connectivity index (χ4n) is 14.9. The summed E-state index contributed by atoms with van der Waals surface area (Å²) in [6.07, 6.45) is 2.39. The Balaban J connectivity index is 1.58. The molecule has 1 aliphatic rings. The van der Waals surface area contributed by atoms with Gasteiger partial charge in [-0.25, -0.2) is 0 Å². The van der Waals surface area contributed by atoms with Crippen molar-refractivity contribution in [2.24, 2.45) is 23.3 Å². The summed E-state index contributed by atoms with van der Waals surface area (Å²) in [6, 6.07) is -1.45. The van der Waals surface area contributed by atoms with E-state index in [4.69, 9.17) is 11.5 Å². The maximum Gasteiger partial charge on any atom is 0.303 e. The number of aliphatic hydroxyl groups excluding tert-OH is 1. The quantitative estimate of drug-likeness (QED) is 0.0247. The number of amides is 19. The van der Waals surface area contributed by atoms with Gasteiger partial charge in [0.1, 0.15) is 107 Å². The van der Waals surface area contributed by atoms with E-state index in [0.29, 0.717) is 53.3 Å². The van der Waals surface area contributed by atoms with E-state index in [1.54, 1.807) is 88.5 Å². The summed E-state index contributed by atoms with van der Waals surface area (Å²) >= 11 is 0. The highest BCUT2D eigenvalue weighted by Gasteiger charge is 2.44. The van der Waals surface area contributed by atoms with Crippen LogP contribution >= 0.6 is 0 Å². The molecular weight excluding hydrogens is 1790 g/mol. The number of carbonyl (C=O) groups excluding carboxylic acids is 19. The van der Waals surface area contributed by atoms with E-state index < -0.39 is 258 Å². The largest absolute Gasteiger partial charge is 0.508 e. The van der Waals surface area contributed by atoms with Crippen molar-refractivity contribution in [3.05, 3.63) is 114 Å². The SMILES string of the molecule is CC(=O)NC(CC(C)C)C(=O)NC(C(=O)NC(Cc1ccccc1)C(=O)NC1(C)CCCCCCC=CCCCC(C)(C(=O)NC(C)C(=O)NC(C)C(=O)NC(C)C(=O)NC(C)C(=O)NC(C)C(=O)NC(C)C(N)=O)NC(=O)C(CC(C)C)NC(=O)C(CCC(N)=O)NC(=O)C(C)NC(=O)C(Cc2c[nH]c3ccccc23)NC(=O)C(Cc2ccc(O)cc2)NC(=O)C(CCC(=O)O)NC1=O)C(C)O. The van der Waals surface area contributed by atoms with Crippen LogP contribution in [0.4, 0.5) is 0 Å². The van der Waals surface area contributed by atoms with Crippen molar-refractivity contribution >= 4 is 129 Å². The molecule has 25 N–H and O–H groups in total. The van der Waals surface area contributed by atoms with Gasteiger partial charge in [-0.15, -0.1) is 0 Å². The van der Waals surface area contributed by atoms with Gasteiger partial charge in [0.2, 0.25) is 112 Å². The van der Waals surface area contributed by atoms with Crippen LogP contribution in [0.5, 0.6) is 5.75 Å². The monoisotopic (exact) mass is 1930 g/mol. The first-order valence-electron chi connectivity index (χ1n) is 46.5. The Kier molecular flexibility index (Phi) is 46.0. The van der Waals surface area contributed by atoms with Crippen molar-refractivity contribution in [2.45, 2.75) is 327 Å². The van der Waals surface area contributed by atoms with Gasteiger partial charge in [0.25, 0.3) is 0 Å². The van der Waals surface area contributed by atoms with E-state index in [2.05, 4.69) is 95.4 Å². The number of allylic oxidation sites excluding steroid dienone is 2. The third-order valence-corrected chi connectivity index (χ3v) is 23.1. The summed E-state index contributed by atoms with van der Waals surface area (Å²) in [6.45, 7) is 21.2. The number of aliphatic carboxylic acids is 1. The summed E-state index contributed by atoms with van der Waals surface area (Å²) < 4.78 is 0. The van der Waals surface area contributed by atoms with E-state index >= 15 is 28.8 Å². The number of benzene rings is 3. The predicted molar refractivity (Wildman–Crippen MR) is 507 cm³/mol. The second-order valence-corrected chi connectivity index (χ2v) is 36.6. The molecule has 43 nitrogen and oxygen atoms in total. The Morgan fingerprint density at radius 1 is 0.464 bits per heavy atom. The Hall–Kier alpha value is -13.9. The number of nitrogens with two attached hydrogens (primary N) is 2. The first-order chi connectivity index (χ1) is 64.8. The van der Waals surface area contributed by atoms with Crippen molar-refractivity contribution in [2.75, 3.05) is 0 Å². The van der Waals surface area contributed by atoms with Crippen molar-refractivity contribution in [3.63, 3.8) is 0 Å². The number of para-hydroxylation sites is 1. The first-order valence-corrected chi connectivity index (χ1v) is 46.5. The van der Waals surface area contributed by atoms with Crippen LogP contribution in [0.3, 0.4) is 0 Å². The maximum absolute atomic E-state index is 15.6. The topological polar surface area (TPSA) is 674 Å². The number of phenolic OH excluding ortho intramolecular Hbond substituents is 1. The average Bonchev–Trinajstić information content (AvgIpc) is 1.57. The predicted octanol–water partition coefficient (Wildman–Crippen LogP) is -0.748. The van der Waals surface area contributed by atoms with E-state index in [9.17, 15) is 82.4 Å². The molecule has 0 saturated carbocycles. The zero-order valence-electron chi connectivity index (χ0n) is 81.0. The van der Waals surface area contributed by atoms with Gasteiger partial charge in [0.15, 0.2) is 0 Å². The van der Waals surface area contributed by atoms with E-state index in [0.717, 1.165) is 0 Å². The number of fused-ring (bicyclic) bond motifs is 1. The molecule has 0 aliphatic carbocycles.